The normalized spacial score (nSPS) is 20.4. The molecule has 0 aromatic carbocycles. The summed E-state index contributed by atoms with van der Waals surface area (Å²) in [7, 11) is 0. The van der Waals surface area contributed by atoms with Crippen LogP contribution in [-0.4, -0.2) is 6.04 Å². The van der Waals surface area contributed by atoms with Gasteiger partial charge in [0.05, 0.1) is 0 Å². The lowest BCUT2D eigenvalue weighted by Crippen LogP contribution is -2.34. The molecule has 0 amide bonds. The van der Waals surface area contributed by atoms with Gasteiger partial charge in [-0.1, -0.05) is 19.9 Å². The van der Waals surface area contributed by atoms with Crippen LogP contribution in [-0.2, 0) is 0 Å². The highest BCUT2D eigenvalue weighted by Crippen LogP contribution is 2.24. The molecule has 0 spiro atoms. The maximum atomic E-state index is 5.72. The second-order valence-electron chi connectivity index (χ2n) is 2.85. The minimum absolute atomic E-state index is 0.125. The average molecular weight is 127 g/mol. The molecule has 9 heavy (non-hydrogen) atoms. The molecule has 1 heteroatoms. The van der Waals surface area contributed by atoms with E-state index in [1.807, 2.05) is 13.0 Å². The lowest BCUT2D eigenvalue weighted by Gasteiger charge is -2.28. The second kappa shape index (κ2) is 3.02. The number of hydrogen-bond donors (Lipinski definition) is 1. The third-order valence-electron chi connectivity index (χ3n) is 2.27. The largest absolute Gasteiger partial charge is 0.327 e. The topological polar surface area (TPSA) is 26.0 Å². The molecule has 0 aliphatic heterocycles. The smallest absolute Gasteiger partial charge is 0.00989 e. The summed E-state index contributed by atoms with van der Waals surface area (Å²) in [6.45, 7) is 10.0. The van der Waals surface area contributed by atoms with Crippen molar-refractivity contribution < 1.29 is 0 Å². The zero-order valence-corrected chi connectivity index (χ0v) is 6.65. The molecule has 0 saturated heterocycles. The molecule has 0 rings (SSSR count). The van der Waals surface area contributed by atoms with Crippen molar-refractivity contribution in [3.8, 4) is 0 Å². The number of hydrogen-bond acceptors (Lipinski definition) is 1. The molecule has 0 aliphatic carbocycles. The maximum Gasteiger partial charge on any atom is 0.00989 e. The minimum Gasteiger partial charge on any atom is -0.327 e. The summed E-state index contributed by atoms with van der Waals surface area (Å²) in [4.78, 5) is 0. The molecule has 0 saturated carbocycles. The summed E-state index contributed by atoms with van der Waals surface area (Å²) in [5.74, 6) is 0. The van der Waals surface area contributed by atoms with Crippen molar-refractivity contribution in [3.05, 3.63) is 12.7 Å². The van der Waals surface area contributed by atoms with Gasteiger partial charge in [-0.15, -0.1) is 6.58 Å². The number of rotatable bonds is 3. The van der Waals surface area contributed by atoms with Gasteiger partial charge in [0.2, 0.25) is 0 Å². The first-order valence-corrected chi connectivity index (χ1v) is 3.46. The van der Waals surface area contributed by atoms with Crippen LogP contribution in [0.1, 0.15) is 27.2 Å². The van der Waals surface area contributed by atoms with Crippen molar-refractivity contribution in [2.45, 2.75) is 33.2 Å². The summed E-state index contributed by atoms with van der Waals surface area (Å²) in [6.07, 6.45) is 3.01. The second-order valence-corrected chi connectivity index (χ2v) is 2.85. The van der Waals surface area contributed by atoms with Crippen LogP contribution in [0.5, 0.6) is 0 Å². The zero-order chi connectivity index (χ0) is 7.49. The molecule has 0 radical (unpaired) electrons. The van der Waals surface area contributed by atoms with Crippen molar-refractivity contribution in [2.75, 3.05) is 0 Å². The first-order chi connectivity index (χ1) is 4.06. The quantitative estimate of drug-likeness (QED) is 0.576. The van der Waals surface area contributed by atoms with Crippen LogP contribution < -0.4 is 5.73 Å². The van der Waals surface area contributed by atoms with Crippen LogP contribution in [0, 0.1) is 5.41 Å². The molecule has 0 aromatic heterocycles. The summed E-state index contributed by atoms with van der Waals surface area (Å²) < 4.78 is 0. The molecule has 0 fully saturated rings. The van der Waals surface area contributed by atoms with Gasteiger partial charge in [-0.05, 0) is 18.8 Å². The Labute approximate surface area is 57.9 Å². The maximum absolute atomic E-state index is 5.72. The lowest BCUT2D eigenvalue weighted by molar-refractivity contribution is 0.342. The third kappa shape index (κ3) is 1.83. The van der Waals surface area contributed by atoms with Gasteiger partial charge < -0.3 is 5.73 Å². The van der Waals surface area contributed by atoms with Crippen LogP contribution in [0.3, 0.4) is 0 Å². The third-order valence-corrected chi connectivity index (χ3v) is 2.27. The van der Waals surface area contributed by atoms with Gasteiger partial charge in [0.15, 0.2) is 0 Å². The Balaban J connectivity index is 4.08. The summed E-state index contributed by atoms with van der Waals surface area (Å²) in [5.41, 5.74) is 5.85. The van der Waals surface area contributed by atoms with Crippen LogP contribution in [0.2, 0.25) is 0 Å². The van der Waals surface area contributed by atoms with E-state index < -0.39 is 0 Å². The monoisotopic (exact) mass is 127 g/mol. The average Bonchev–Trinajstić information content (AvgIpc) is 1.86. The highest BCUT2D eigenvalue weighted by atomic mass is 14.7. The first-order valence-electron chi connectivity index (χ1n) is 3.46. The van der Waals surface area contributed by atoms with E-state index >= 15 is 0 Å². The first kappa shape index (κ1) is 8.70. The zero-order valence-electron chi connectivity index (χ0n) is 6.65. The predicted octanol–water partition coefficient (Wildman–Crippen LogP) is 1.94. The molecular formula is C8H17N. The lowest BCUT2D eigenvalue weighted by atomic mass is 9.81. The Morgan fingerprint density at radius 2 is 2.22 bits per heavy atom. The van der Waals surface area contributed by atoms with Crippen molar-refractivity contribution >= 4 is 0 Å². The molecular weight excluding hydrogens is 110 g/mol. The van der Waals surface area contributed by atoms with E-state index in [-0.39, 0.29) is 11.5 Å². The Hall–Kier alpha value is -0.300. The summed E-state index contributed by atoms with van der Waals surface area (Å²) in [6, 6.07) is 0.208. The van der Waals surface area contributed by atoms with E-state index in [1.54, 1.807) is 0 Å². The van der Waals surface area contributed by atoms with E-state index in [0.29, 0.717) is 0 Å². The van der Waals surface area contributed by atoms with E-state index in [1.165, 1.54) is 0 Å². The molecule has 2 N–H and O–H groups in total. The van der Waals surface area contributed by atoms with Gasteiger partial charge in [-0.3, -0.25) is 0 Å². The molecule has 0 heterocycles. The standard InChI is InChI=1S/C8H17N/c1-5-8(4,6-2)7(3)9/h5,7H,1,6,9H2,2-4H3/t7-,8?/m1/s1. The van der Waals surface area contributed by atoms with Crippen molar-refractivity contribution in [1.29, 1.82) is 0 Å². The summed E-state index contributed by atoms with van der Waals surface area (Å²) >= 11 is 0. The Morgan fingerprint density at radius 1 is 1.78 bits per heavy atom. The van der Waals surface area contributed by atoms with Gasteiger partial charge in [0, 0.05) is 6.04 Å². The van der Waals surface area contributed by atoms with Crippen LogP contribution in [0.15, 0.2) is 12.7 Å². The van der Waals surface area contributed by atoms with Gasteiger partial charge in [-0.2, -0.15) is 0 Å². The number of nitrogens with two attached hydrogens (primary N) is 1. The molecule has 1 nitrogen and oxygen atoms in total. The Kier molecular flexibility index (Phi) is 2.92. The van der Waals surface area contributed by atoms with Crippen LogP contribution in [0.25, 0.3) is 0 Å². The van der Waals surface area contributed by atoms with Gasteiger partial charge >= 0.3 is 0 Å². The summed E-state index contributed by atoms with van der Waals surface area (Å²) in [5, 5.41) is 0. The molecule has 0 aliphatic rings. The Bertz CT molecular complexity index is 96.7. The van der Waals surface area contributed by atoms with Gasteiger partial charge in [0.25, 0.3) is 0 Å². The molecule has 2 atom stereocenters. The fourth-order valence-electron chi connectivity index (χ4n) is 0.652. The molecule has 54 valence electrons. The van der Waals surface area contributed by atoms with E-state index in [4.69, 9.17) is 5.73 Å². The highest BCUT2D eigenvalue weighted by molar-refractivity contribution is 4.95. The minimum atomic E-state index is 0.125. The Morgan fingerprint density at radius 3 is 2.22 bits per heavy atom. The fraction of sp³-hybridized carbons (Fsp3) is 0.750. The van der Waals surface area contributed by atoms with Crippen molar-refractivity contribution in [1.82, 2.24) is 0 Å². The SMILES string of the molecule is C=CC(C)(CC)[C@@H](C)N. The van der Waals surface area contributed by atoms with Crippen molar-refractivity contribution in [3.63, 3.8) is 0 Å². The molecule has 0 aromatic rings. The van der Waals surface area contributed by atoms with Crippen LogP contribution >= 0.6 is 0 Å². The van der Waals surface area contributed by atoms with Crippen LogP contribution in [0.4, 0.5) is 0 Å². The molecule has 0 bridgehead atoms. The molecule has 1 unspecified atom stereocenters. The highest BCUT2D eigenvalue weighted by Gasteiger charge is 2.21. The predicted molar refractivity (Wildman–Crippen MR) is 42.2 cm³/mol. The van der Waals surface area contributed by atoms with E-state index in [9.17, 15) is 0 Å². The van der Waals surface area contributed by atoms with Gasteiger partial charge in [0.1, 0.15) is 0 Å². The van der Waals surface area contributed by atoms with E-state index in [0.717, 1.165) is 6.42 Å². The van der Waals surface area contributed by atoms with E-state index in [2.05, 4.69) is 20.4 Å². The van der Waals surface area contributed by atoms with Crippen molar-refractivity contribution in [2.24, 2.45) is 11.1 Å². The van der Waals surface area contributed by atoms with Gasteiger partial charge in [-0.25, -0.2) is 0 Å². The fourth-order valence-corrected chi connectivity index (χ4v) is 0.652.